The number of nitrogens with zero attached hydrogens (tertiary/aromatic N) is 2. The summed E-state index contributed by atoms with van der Waals surface area (Å²) in [5.74, 6) is -1.94. The molecule has 19 heavy (non-hydrogen) atoms. The molecule has 104 valence electrons. The fourth-order valence-corrected chi connectivity index (χ4v) is 1.17. The second-order valence-corrected chi connectivity index (χ2v) is 3.42. The van der Waals surface area contributed by atoms with Gasteiger partial charge in [0.1, 0.15) is 0 Å². The highest BCUT2D eigenvalue weighted by Gasteiger charge is 2.27. The van der Waals surface area contributed by atoms with Gasteiger partial charge >= 0.3 is 17.8 Å². The summed E-state index contributed by atoms with van der Waals surface area (Å²) >= 11 is 0. The van der Waals surface area contributed by atoms with Gasteiger partial charge in [-0.3, -0.25) is 10.1 Å². The van der Waals surface area contributed by atoms with Gasteiger partial charge in [-0.2, -0.15) is 13.2 Å². The minimum atomic E-state index is -4.42. The molecule has 0 aliphatic rings. The van der Waals surface area contributed by atoms with E-state index in [0.29, 0.717) is 0 Å². The highest BCUT2D eigenvalue weighted by atomic mass is 19.4. The van der Waals surface area contributed by atoms with E-state index < -0.39 is 47.2 Å². The van der Waals surface area contributed by atoms with E-state index in [9.17, 15) is 28.1 Å². The van der Waals surface area contributed by atoms with E-state index in [1.54, 1.807) is 0 Å². The van der Waals surface area contributed by atoms with E-state index >= 15 is 0 Å². The van der Waals surface area contributed by atoms with Crippen LogP contribution in [0.15, 0.2) is 12.1 Å². The van der Waals surface area contributed by atoms with E-state index in [1.807, 2.05) is 0 Å². The predicted octanol–water partition coefficient (Wildman–Crippen LogP) is 2.05. The Morgan fingerprint density at radius 3 is 2.58 bits per heavy atom. The van der Waals surface area contributed by atoms with E-state index in [1.165, 1.54) is 0 Å². The number of pyridine rings is 1. The van der Waals surface area contributed by atoms with E-state index in [2.05, 4.69) is 10.3 Å². The van der Waals surface area contributed by atoms with Crippen molar-refractivity contribution in [3.63, 3.8) is 0 Å². The summed E-state index contributed by atoms with van der Waals surface area (Å²) in [5, 5.41) is 21.4. The molecule has 0 amide bonds. The van der Waals surface area contributed by atoms with Crippen molar-refractivity contribution in [1.82, 2.24) is 4.98 Å². The summed E-state index contributed by atoms with van der Waals surface area (Å²) in [6, 6.07) is 1.77. The Balaban J connectivity index is 2.92. The van der Waals surface area contributed by atoms with Gasteiger partial charge in [0.05, 0.1) is 11.3 Å². The molecule has 0 fully saturated rings. The number of alkyl halides is 3. The lowest BCUT2D eigenvalue weighted by molar-refractivity contribution is -0.384. The first-order valence-electron chi connectivity index (χ1n) is 4.90. The Kier molecular flexibility index (Phi) is 4.25. The molecule has 0 saturated carbocycles. The number of nitrogens with one attached hydrogen (secondary N) is 1. The molecule has 0 atom stereocenters. The molecule has 1 aromatic heterocycles. The summed E-state index contributed by atoms with van der Waals surface area (Å²) in [6.07, 6.45) is -5.64. The molecular weight excluding hydrogens is 271 g/mol. The van der Waals surface area contributed by atoms with Gasteiger partial charge in [0.2, 0.25) is 5.82 Å². The van der Waals surface area contributed by atoms with Crippen molar-refractivity contribution in [2.45, 2.75) is 12.6 Å². The van der Waals surface area contributed by atoms with Crippen LogP contribution in [0.4, 0.5) is 24.7 Å². The third kappa shape index (κ3) is 4.41. The van der Waals surface area contributed by atoms with Gasteiger partial charge in [0.25, 0.3) is 0 Å². The van der Waals surface area contributed by atoms with Crippen LogP contribution in [0.1, 0.15) is 16.9 Å². The molecule has 1 rings (SSSR count). The number of hydrogen-bond donors (Lipinski definition) is 2. The highest BCUT2D eigenvalue weighted by Crippen LogP contribution is 2.24. The molecule has 2 N–H and O–H groups in total. The third-order valence-corrected chi connectivity index (χ3v) is 1.99. The van der Waals surface area contributed by atoms with Gasteiger partial charge in [-0.15, -0.1) is 0 Å². The molecule has 0 saturated heterocycles. The lowest BCUT2D eigenvalue weighted by Gasteiger charge is -2.08. The number of carbonyl (C=O) groups is 1. The first kappa shape index (κ1) is 14.7. The zero-order valence-corrected chi connectivity index (χ0v) is 9.27. The van der Waals surface area contributed by atoms with Crippen LogP contribution in [0, 0.1) is 10.1 Å². The minimum absolute atomic E-state index is 0.500. The van der Waals surface area contributed by atoms with E-state index in [0.717, 1.165) is 12.1 Å². The summed E-state index contributed by atoms with van der Waals surface area (Å²) in [6.45, 7) is -0.638. The van der Waals surface area contributed by atoms with Crippen molar-refractivity contribution in [3.05, 3.63) is 27.9 Å². The molecule has 1 aromatic rings. The quantitative estimate of drug-likeness (QED) is 0.631. The summed E-state index contributed by atoms with van der Waals surface area (Å²) in [5.41, 5.74) is -1.09. The van der Waals surface area contributed by atoms with Gasteiger partial charge < -0.3 is 10.4 Å². The molecule has 0 spiro atoms. The SMILES string of the molecule is O=C(O)c1ccc([N+](=O)[O-])c(NCCC(F)(F)F)n1. The molecular formula is C9H8F3N3O4. The smallest absolute Gasteiger partial charge is 0.390 e. The van der Waals surface area contributed by atoms with Crippen LogP contribution in [0.5, 0.6) is 0 Å². The Morgan fingerprint density at radius 2 is 2.11 bits per heavy atom. The molecule has 0 radical (unpaired) electrons. The minimum Gasteiger partial charge on any atom is -0.477 e. The molecule has 7 nitrogen and oxygen atoms in total. The van der Waals surface area contributed by atoms with Crippen LogP contribution in [0.2, 0.25) is 0 Å². The molecule has 10 heteroatoms. The average molecular weight is 279 g/mol. The summed E-state index contributed by atoms with van der Waals surface area (Å²) in [7, 11) is 0. The predicted molar refractivity (Wildman–Crippen MR) is 57.0 cm³/mol. The first-order chi connectivity index (χ1) is 8.70. The number of aromatic carboxylic acids is 1. The Bertz CT molecular complexity index is 504. The second kappa shape index (κ2) is 5.50. The average Bonchev–Trinajstić information content (AvgIpc) is 2.26. The maximum absolute atomic E-state index is 11.9. The largest absolute Gasteiger partial charge is 0.477 e. The number of anilines is 1. The third-order valence-electron chi connectivity index (χ3n) is 1.99. The molecule has 0 aromatic carbocycles. The number of hydrogen-bond acceptors (Lipinski definition) is 5. The lowest BCUT2D eigenvalue weighted by atomic mass is 10.3. The summed E-state index contributed by atoms with van der Waals surface area (Å²) in [4.78, 5) is 23.8. The molecule has 0 unspecified atom stereocenters. The summed E-state index contributed by atoms with van der Waals surface area (Å²) < 4.78 is 35.8. The number of halogens is 3. The Labute approximate surface area is 104 Å². The van der Waals surface area contributed by atoms with Gasteiger partial charge in [0, 0.05) is 12.6 Å². The van der Waals surface area contributed by atoms with Crippen LogP contribution in [-0.2, 0) is 0 Å². The van der Waals surface area contributed by atoms with E-state index in [4.69, 9.17) is 5.11 Å². The molecule has 0 aliphatic carbocycles. The van der Waals surface area contributed by atoms with Crippen LogP contribution >= 0.6 is 0 Å². The monoisotopic (exact) mass is 279 g/mol. The van der Waals surface area contributed by atoms with Crippen LogP contribution in [0.25, 0.3) is 0 Å². The standard InChI is InChI=1S/C9H8F3N3O4/c10-9(11,12)3-4-13-7-6(15(18)19)2-1-5(14-7)8(16)17/h1-2H,3-4H2,(H,13,14)(H,16,17). The van der Waals surface area contributed by atoms with Gasteiger partial charge in [-0.25, -0.2) is 9.78 Å². The maximum Gasteiger partial charge on any atom is 0.390 e. The van der Waals surface area contributed by atoms with Crippen LogP contribution in [0.3, 0.4) is 0 Å². The van der Waals surface area contributed by atoms with Crippen molar-refractivity contribution >= 4 is 17.5 Å². The number of rotatable bonds is 5. The van der Waals surface area contributed by atoms with Crippen molar-refractivity contribution in [2.75, 3.05) is 11.9 Å². The van der Waals surface area contributed by atoms with Crippen molar-refractivity contribution < 1.29 is 28.0 Å². The first-order valence-corrected chi connectivity index (χ1v) is 4.90. The van der Waals surface area contributed by atoms with Crippen molar-refractivity contribution in [3.8, 4) is 0 Å². The second-order valence-electron chi connectivity index (χ2n) is 3.42. The van der Waals surface area contributed by atoms with Gasteiger partial charge in [-0.05, 0) is 6.07 Å². The van der Waals surface area contributed by atoms with E-state index in [-0.39, 0.29) is 0 Å². The lowest BCUT2D eigenvalue weighted by Crippen LogP contribution is -2.16. The number of nitro groups is 1. The zero-order valence-electron chi connectivity index (χ0n) is 9.27. The van der Waals surface area contributed by atoms with Crippen LogP contribution < -0.4 is 5.32 Å². The fourth-order valence-electron chi connectivity index (χ4n) is 1.17. The zero-order chi connectivity index (χ0) is 14.6. The van der Waals surface area contributed by atoms with Gasteiger partial charge in [0.15, 0.2) is 5.69 Å². The molecule has 0 bridgehead atoms. The maximum atomic E-state index is 11.9. The number of aromatic nitrogens is 1. The number of carboxylic acid groups (broad SMARTS) is 1. The fraction of sp³-hybridized carbons (Fsp3) is 0.333. The van der Waals surface area contributed by atoms with Crippen molar-refractivity contribution in [2.24, 2.45) is 0 Å². The Hall–Kier alpha value is -2.39. The topological polar surface area (TPSA) is 105 Å². The normalized spacial score (nSPS) is 11.1. The van der Waals surface area contributed by atoms with Crippen molar-refractivity contribution in [1.29, 1.82) is 0 Å². The molecule has 0 aliphatic heterocycles. The molecule has 1 heterocycles. The van der Waals surface area contributed by atoms with Crippen LogP contribution in [-0.4, -0.2) is 33.7 Å². The Morgan fingerprint density at radius 1 is 1.47 bits per heavy atom. The highest BCUT2D eigenvalue weighted by molar-refractivity contribution is 5.86. The number of carboxylic acids is 1. The van der Waals surface area contributed by atoms with Gasteiger partial charge in [-0.1, -0.05) is 0 Å².